The van der Waals surface area contributed by atoms with Crippen LogP contribution in [0.15, 0.2) is 23.3 Å². The van der Waals surface area contributed by atoms with E-state index in [1.807, 2.05) is 6.92 Å². The normalized spacial score (nSPS) is 41.3. The summed E-state index contributed by atoms with van der Waals surface area (Å²) < 4.78 is 0. The van der Waals surface area contributed by atoms with E-state index in [1.54, 1.807) is 11.1 Å². The molecule has 3 aliphatic rings. The largest absolute Gasteiger partial charge is 0.481 e. The van der Waals surface area contributed by atoms with Gasteiger partial charge in [0.25, 0.3) is 0 Å². The summed E-state index contributed by atoms with van der Waals surface area (Å²) in [7, 11) is 0. The van der Waals surface area contributed by atoms with Gasteiger partial charge in [-0.1, -0.05) is 50.5 Å². The van der Waals surface area contributed by atoms with Crippen LogP contribution in [0, 0.1) is 28.6 Å². The first kappa shape index (κ1) is 15.8. The van der Waals surface area contributed by atoms with Crippen LogP contribution < -0.4 is 0 Å². The Kier molecular flexibility index (Phi) is 3.78. The molecule has 0 radical (unpaired) electrons. The first-order valence-electron chi connectivity index (χ1n) is 8.90. The van der Waals surface area contributed by atoms with Crippen molar-refractivity contribution in [2.45, 2.75) is 66.2 Å². The van der Waals surface area contributed by atoms with Crippen molar-refractivity contribution in [3.63, 3.8) is 0 Å². The Labute approximate surface area is 134 Å². The van der Waals surface area contributed by atoms with E-state index in [0.717, 1.165) is 32.1 Å². The number of carboxylic acid groups (broad SMARTS) is 1. The third-order valence-electron chi connectivity index (χ3n) is 7.09. The van der Waals surface area contributed by atoms with Crippen molar-refractivity contribution >= 4 is 5.97 Å². The van der Waals surface area contributed by atoms with Crippen LogP contribution in [0.5, 0.6) is 0 Å². The number of hydrogen-bond acceptors (Lipinski definition) is 1. The van der Waals surface area contributed by atoms with Gasteiger partial charge in [-0.2, -0.15) is 0 Å². The summed E-state index contributed by atoms with van der Waals surface area (Å²) >= 11 is 0. The molecule has 0 aromatic rings. The molecule has 0 aromatic carbocycles. The van der Waals surface area contributed by atoms with Crippen molar-refractivity contribution < 1.29 is 9.90 Å². The monoisotopic (exact) mass is 302 g/mol. The first-order chi connectivity index (χ1) is 10.3. The Hall–Kier alpha value is -1.05. The minimum Gasteiger partial charge on any atom is -0.481 e. The van der Waals surface area contributed by atoms with Crippen LogP contribution in [0.3, 0.4) is 0 Å². The van der Waals surface area contributed by atoms with Crippen LogP contribution in [-0.4, -0.2) is 11.1 Å². The van der Waals surface area contributed by atoms with Gasteiger partial charge in [-0.15, -0.1) is 0 Å². The van der Waals surface area contributed by atoms with Crippen molar-refractivity contribution in [2.24, 2.45) is 28.6 Å². The number of allylic oxidation sites excluding steroid dienone is 4. The molecule has 0 aromatic heterocycles. The summed E-state index contributed by atoms with van der Waals surface area (Å²) in [6.45, 7) is 8.93. The van der Waals surface area contributed by atoms with Gasteiger partial charge in [0.05, 0.1) is 5.41 Å². The van der Waals surface area contributed by atoms with E-state index in [1.165, 1.54) is 6.42 Å². The molecule has 2 nitrogen and oxygen atoms in total. The third kappa shape index (κ3) is 2.18. The molecule has 1 fully saturated rings. The molecule has 2 heteroatoms. The van der Waals surface area contributed by atoms with E-state index in [2.05, 4.69) is 32.9 Å². The van der Waals surface area contributed by atoms with E-state index in [0.29, 0.717) is 11.8 Å². The Bertz CT molecular complexity index is 542. The lowest BCUT2D eigenvalue weighted by atomic mass is 9.47. The molecule has 1 saturated carbocycles. The topological polar surface area (TPSA) is 37.3 Å². The van der Waals surface area contributed by atoms with Gasteiger partial charge in [0.15, 0.2) is 0 Å². The fraction of sp³-hybridized carbons (Fsp3) is 0.750. The van der Waals surface area contributed by atoms with Crippen LogP contribution >= 0.6 is 0 Å². The fourth-order valence-electron chi connectivity index (χ4n) is 5.58. The van der Waals surface area contributed by atoms with E-state index < -0.39 is 11.4 Å². The highest BCUT2D eigenvalue weighted by atomic mass is 16.4. The smallest absolute Gasteiger partial charge is 0.309 e. The maximum absolute atomic E-state index is 11.9. The zero-order valence-electron chi connectivity index (χ0n) is 14.5. The lowest BCUT2D eigenvalue weighted by Crippen LogP contribution is -2.53. The van der Waals surface area contributed by atoms with Gasteiger partial charge in [-0.25, -0.2) is 0 Å². The maximum Gasteiger partial charge on any atom is 0.309 e. The molecule has 0 spiro atoms. The Balaban J connectivity index is 1.96. The summed E-state index contributed by atoms with van der Waals surface area (Å²) in [6.07, 6.45) is 11.1. The molecule has 22 heavy (non-hydrogen) atoms. The number of carboxylic acids is 1. The number of hydrogen-bond donors (Lipinski definition) is 1. The lowest BCUT2D eigenvalue weighted by Gasteiger charge is -2.57. The van der Waals surface area contributed by atoms with Crippen molar-refractivity contribution in [3.05, 3.63) is 23.3 Å². The standard InChI is InChI=1S/C20H30O2/c1-13(2)14-6-8-16-15(12-14)7-9-17-19(16,3)10-5-11-20(17,4)18(21)22/h6-7,13,16-17H,5,8-12H2,1-4H3,(H,21,22)/t16-,17+,19+,20+/m0/s1. The van der Waals surface area contributed by atoms with E-state index in [-0.39, 0.29) is 11.3 Å². The molecule has 4 atom stereocenters. The van der Waals surface area contributed by atoms with Gasteiger partial charge in [-0.3, -0.25) is 4.79 Å². The van der Waals surface area contributed by atoms with Gasteiger partial charge < -0.3 is 5.11 Å². The second-order valence-electron chi connectivity index (χ2n) is 8.55. The second kappa shape index (κ2) is 5.25. The van der Waals surface area contributed by atoms with Gasteiger partial charge in [0, 0.05) is 0 Å². The summed E-state index contributed by atoms with van der Waals surface area (Å²) in [5, 5.41) is 9.83. The predicted octanol–water partition coefficient (Wildman–Crippen LogP) is 5.21. The van der Waals surface area contributed by atoms with Crippen LogP contribution in [0.1, 0.15) is 66.2 Å². The fourth-order valence-corrected chi connectivity index (χ4v) is 5.58. The van der Waals surface area contributed by atoms with Crippen molar-refractivity contribution in [2.75, 3.05) is 0 Å². The van der Waals surface area contributed by atoms with Crippen molar-refractivity contribution in [1.82, 2.24) is 0 Å². The quantitative estimate of drug-likeness (QED) is 0.711. The number of carbonyl (C=O) groups is 1. The van der Waals surface area contributed by atoms with E-state index >= 15 is 0 Å². The molecule has 0 saturated heterocycles. The molecule has 1 N–H and O–H groups in total. The van der Waals surface area contributed by atoms with Gasteiger partial charge in [0.2, 0.25) is 0 Å². The Morgan fingerprint density at radius 3 is 2.59 bits per heavy atom. The van der Waals surface area contributed by atoms with E-state index in [9.17, 15) is 9.90 Å². The summed E-state index contributed by atoms with van der Waals surface area (Å²) in [5.74, 6) is 0.888. The minimum absolute atomic E-state index is 0.161. The molecule has 0 amide bonds. The molecular formula is C20H30O2. The summed E-state index contributed by atoms with van der Waals surface area (Å²) in [6, 6.07) is 0. The molecule has 0 heterocycles. The molecule has 3 rings (SSSR count). The highest BCUT2D eigenvalue weighted by molar-refractivity contribution is 5.75. The average molecular weight is 302 g/mol. The van der Waals surface area contributed by atoms with Crippen LogP contribution in [0.2, 0.25) is 0 Å². The second-order valence-corrected chi connectivity index (χ2v) is 8.55. The van der Waals surface area contributed by atoms with Crippen LogP contribution in [-0.2, 0) is 4.79 Å². The van der Waals surface area contributed by atoms with Gasteiger partial charge >= 0.3 is 5.97 Å². The minimum atomic E-state index is -0.588. The molecule has 3 aliphatic carbocycles. The SMILES string of the molecule is CC(C)C1=CC[C@H]2C(=CC[C@@H]3[C@]2(C)CCC[C@@]3(C)C(=O)O)C1. The number of rotatable bonds is 2. The molecule has 0 bridgehead atoms. The average Bonchev–Trinajstić information content (AvgIpc) is 2.46. The summed E-state index contributed by atoms with van der Waals surface area (Å²) in [5.41, 5.74) is 2.78. The van der Waals surface area contributed by atoms with Crippen LogP contribution in [0.4, 0.5) is 0 Å². The third-order valence-corrected chi connectivity index (χ3v) is 7.09. The lowest BCUT2D eigenvalue weighted by molar-refractivity contribution is -0.162. The zero-order chi connectivity index (χ0) is 16.1. The van der Waals surface area contributed by atoms with Gasteiger partial charge in [0.1, 0.15) is 0 Å². The number of aliphatic carboxylic acids is 1. The molecule has 122 valence electrons. The van der Waals surface area contributed by atoms with Crippen molar-refractivity contribution in [1.29, 1.82) is 0 Å². The van der Waals surface area contributed by atoms with Crippen molar-refractivity contribution in [3.8, 4) is 0 Å². The highest BCUT2D eigenvalue weighted by Crippen LogP contribution is 2.62. The maximum atomic E-state index is 11.9. The van der Waals surface area contributed by atoms with E-state index in [4.69, 9.17) is 0 Å². The molecular weight excluding hydrogens is 272 g/mol. The predicted molar refractivity (Wildman–Crippen MR) is 89.5 cm³/mol. The molecule has 0 unspecified atom stereocenters. The highest BCUT2D eigenvalue weighted by Gasteiger charge is 2.57. The van der Waals surface area contributed by atoms with Gasteiger partial charge in [-0.05, 0) is 62.2 Å². The summed E-state index contributed by atoms with van der Waals surface area (Å²) in [4.78, 5) is 11.9. The first-order valence-corrected chi connectivity index (χ1v) is 8.90. The Morgan fingerprint density at radius 1 is 1.23 bits per heavy atom. The Morgan fingerprint density at radius 2 is 1.95 bits per heavy atom. The molecule has 0 aliphatic heterocycles. The number of fused-ring (bicyclic) bond motifs is 3. The zero-order valence-corrected chi connectivity index (χ0v) is 14.5. The van der Waals surface area contributed by atoms with Crippen LogP contribution in [0.25, 0.3) is 0 Å².